The minimum absolute atomic E-state index is 0.0765. The van der Waals surface area contributed by atoms with Crippen molar-refractivity contribution in [3.8, 4) is 0 Å². The fraction of sp³-hybridized carbons (Fsp3) is 0.731. The molecule has 0 bridgehead atoms. The Bertz CT molecular complexity index is 837. The first-order chi connectivity index (χ1) is 13.6. The molecule has 3 heteroatoms. The molecular weight excluding hydrogens is 360 g/mol. The van der Waals surface area contributed by atoms with Gasteiger partial charge in [0.05, 0.1) is 11.7 Å². The summed E-state index contributed by atoms with van der Waals surface area (Å²) in [4.78, 5) is 11.7. The molecule has 3 fully saturated rings. The Morgan fingerprint density at radius 2 is 1.72 bits per heavy atom. The van der Waals surface area contributed by atoms with Gasteiger partial charge in [0.25, 0.3) is 0 Å². The summed E-state index contributed by atoms with van der Waals surface area (Å²) in [6.07, 6.45) is 16.2. The van der Waals surface area contributed by atoms with Crippen LogP contribution in [0.5, 0.6) is 0 Å². The van der Waals surface area contributed by atoms with Gasteiger partial charge in [-0.3, -0.25) is 4.79 Å². The van der Waals surface area contributed by atoms with Crippen LogP contribution in [0.3, 0.4) is 0 Å². The first-order valence-corrected chi connectivity index (χ1v) is 11.7. The maximum atomic E-state index is 12.4. The lowest BCUT2D eigenvalue weighted by Gasteiger charge is -2.67. The molecule has 5 aliphatic carbocycles. The van der Waals surface area contributed by atoms with Crippen LogP contribution < -0.4 is 0 Å². The molecule has 0 aromatic heterocycles. The Kier molecular flexibility index (Phi) is 4.20. The first kappa shape index (κ1) is 19.8. The van der Waals surface area contributed by atoms with Crippen molar-refractivity contribution in [2.24, 2.45) is 28.1 Å². The molecule has 5 rings (SSSR count). The van der Waals surface area contributed by atoms with Crippen molar-refractivity contribution < 1.29 is 15.0 Å². The third-order valence-electron chi connectivity index (χ3n) is 10.5. The van der Waals surface area contributed by atoms with Crippen LogP contribution in [0.4, 0.5) is 0 Å². The van der Waals surface area contributed by atoms with Crippen LogP contribution in [0.2, 0.25) is 0 Å². The largest absolute Gasteiger partial charge is 0.389 e. The third kappa shape index (κ3) is 2.41. The van der Waals surface area contributed by atoms with E-state index in [2.05, 4.69) is 32.9 Å². The van der Waals surface area contributed by atoms with Gasteiger partial charge in [-0.05, 0) is 85.7 Å². The highest BCUT2D eigenvalue weighted by molar-refractivity contribution is 5.92. The summed E-state index contributed by atoms with van der Waals surface area (Å²) >= 11 is 0. The molecule has 5 aliphatic rings. The number of hydrogen-bond acceptors (Lipinski definition) is 3. The molecule has 7 atom stereocenters. The van der Waals surface area contributed by atoms with Gasteiger partial charge in [-0.15, -0.1) is 0 Å². The second-order valence-electron chi connectivity index (χ2n) is 11.3. The molecule has 6 unspecified atom stereocenters. The van der Waals surface area contributed by atoms with Crippen molar-refractivity contribution in [2.45, 2.75) is 90.3 Å². The van der Waals surface area contributed by atoms with Crippen molar-refractivity contribution >= 4 is 5.78 Å². The topological polar surface area (TPSA) is 57.5 Å². The fourth-order valence-corrected chi connectivity index (χ4v) is 8.42. The van der Waals surface area contributed by atoms with Gasteiger partial charge in [0.1, 0.15) is 0 Å². The Morgan fingerprint density at radius 1 is 0.966 bits per heavy atom. The molecule has 0 aromatic carbocycles. The van der Waals surface area contributed by atoms with Gasteiger partial charge >= 0.3 is 0 Å². The number of fused-ring (bicyclic) bond motifs is 5. The van der Waals surface area contributed by atoms with E-state index < -0.39 is 5.60 Å². The number of carbonyl (C=O) groups excluding carboxylic acids is 1. The monoisotopic (exact) mass is 396 g/mol. The molecule has 3 nitrogen and oxygen atoms in total. The van der Waals surface area contributed by atoms with E-state index in [-0.39, 0.29) is 28.1 Å². The van der Waals surface area contributed by atoms with E-state index in [9.17, 15) is 15.0 Å². The lowest BCUT2D eigenvalue weighted by atomic mass is 9.39. The zero-order chi connectivity index (χ0) is 20.7. The predicted octanol–water partition coefficient (Wildman–Crippen LogP) is 4.89. The van der Waals surface area contributed by atoms with E-state index in [1.165, 1.54) is 11.1 Å². The normalized spacial score (nSPS) is 51.6. The van der Waals surface area contributed by atoms with Crippen LogP contribution in [-0.4, -0.2) is 27.7 Å². The van der Waals surface area contributed by atoms with Gasteiger partial charge in [0, 0.05) is 11.8 Å². The van der Waals surface area contributed by atoms with E-state index in [0.717, 1.165) is 51.4 Å². The number of allylic oxidation sites excluding steroid dienone is 5. The standard InChI is InChI=1S/C26H36O3/c1-23-12-10-20(28)16-18(23)6-9-22-25(23,3)15-14-24(2)21(11-13-26(22,24)29)17-4-7-19(27)8-5-17/h4-5,7,16,20-22,28-29H,6,8-15H2,1-3H3/t20?,21?,22?,23?,24?,25-,26?/m0/s1. The molecule has 0 spiro atoms. The predicted molar refractivity (Wildman–Crippen MR) is 114 cm³/mol. The number of aliphatic hydroxyl groups excluding tert-OH is 1. The van der Waals surface area contributed by atoms with Gasteiger partial charge in [-0.25, -0.2) is 0 Å². The van der Waals surface area contributed by atoms with Crippen LogP contribution in [-0.2, 0) is 4.79 Å². The van der Waals surface area contributed by atoms with Crippen LogP contribution in [0.25, 0.3) is 0 Å². The summed E-state index contributed by atoms with van der Waals surface area (Å²) in [5.41, 5.74) is 2.10. The number of aliphatic hydroxyl groups is 2. The van der Waals surface area contributed by atoms with Crippen molar-refractivity contribution in [1.29, 1.82) is 0 Å². The molecule has 158 valence electrons. The van der Waals surface area contributed by atoms with Crippen LogP contribution >= 0.6 is 0 Å². The van der Waals surface area contributed by atoms with E-state index in [0.29, 0.717) is 18.3 Å². The van der Waals surface area contributed by atoms with Gasteiger partial charge in [-0.1, -0.05) is 44.6 Å². The van der Waals surface area contributed by atoms with Crippen molar-refractivity contribution in [3.05, 3.63) is 35.5 Å². The second-order valence-corrected chi connectivity index (χ2v) is 11.3. The van der Waals surface area contributed by atoms with Gasteiger partial charge in [0.15, 0.2) is 5.78 Å². The molecule has 0 aliphatic heterocycles. The lowest BCUT2D eigenvalue weighted by molar-refractivity contribution is -0.217. The smallest absolute Gasteiger partial charge is 0.159 e. The zero-order valence-corrected chi connectivity index (χ0v) is 18.2. The fourth-order valence-electron chi connectivity index (χ4n) is 8.42. The molecule has 29 heavy (non-hydrogen) atoms. The SMILES string of the molecule is CC12CC[C@@]3(C)C(CCC4=CC(O)CCC43C)C1(O)CCC2C1=CCC(=O)C=C1. The quantitative estimate of drug-likeness (QED) is 0.621. The van der Waals surface area contributed by atoms with Gasteiger partial charge in [-0.2, -0.15) is 0 Å². The van der Waals surface area contributed by atoms with E-state index in [1.807, 2.05) is 6.08 Å². The van der Waals surface area contributed by atoms with Crippen molar-refractivity contribution in [1.82, 2.24) is 0 Å². The summed E-state index contributed by atoms with van der Waals surface area (Å²) in [7, 11) is 0. The molecule has 2 N–H and O–H groups in total. The summed E-state index contributed by atoms with van der Waals surface area (Å²) in [5.74, 6) is 0.827. The summed E-state index contributed by atoms with van der Waals surface area (Å²) in [6.45, 7) is 7.17. The molecular formula is C26H36O3. The van der Waals surface area contributed by atoms with E-state index >= 15 is 0 Å². The van der Waals surface area contributed by atoms with Gasteiger partial charge < -0.3 is 10.2 Å². The van der Waals surface area contributed by atoms with Gasteiger partial charge in [0.2, 0.25) is 0 Å². The molecule has 0 heterocycles. The Hall–Kier alpha value is -1.19. The number of hydrogen-bond donors (Lipinski definition) is 2. The maximum Gasteiger partial charge on any atom is 0.159 e. The van der Waals surface area contributed by atoms with Crippen molar-refractivity contribution in [3.63, 3.8) is 0 Å². The number of carbonyl (C=O) groups is 1. The highest BCUT2D eigenvalue weighted by Crippen LogP contribution is 2.73. The zero-order valence-electron chi connectivity index (χ0n) is 18.2. The minimum Gasteiger partial charge on any atom is -0.389 e. The maximum absolute atomic E-state index is 12.4. The van der Waals surface area contributed by atoms with Crippen LogP contribution in [0, 0.1) is 28.1 Å². The highest BCUT2D eigenvalue weighted by atomic mass is 16.3. The molecule has 0 amide bonds. The average molecular weight is 397 g/mol. The van der Waals surface area contributed by atoms with E-state index in [1.54, 1.807) is 6.08 Å². The first-order valence-electron chi connectivity index (χ1n) is 11.7. The Labute approximate surface area is 175 Å². The molecule has 0 aromatic rings. The Balaban J connectivity index is 1.53. The van der Waals surface area contributed by atoms with E-state index in [4.69, 9.17) is 0 Å². The minimum atomic E-state index is -0.647. The molecule has 0 saturated heterocycles. The van der Waals surface area contributed by atoms with Crippen LogP contribution in [0.15, 0.2) is 35.5 Å². The second kappa shape index (κ2) is 6.17. The summed E-state index contributed by atoms with van der Waals surface area (Å²) in [5, 5.41) is 22.6. The molecule has 3 saturated carbocycles. The summed E-state index contributed by atoms with van der Waals surface area (Å²) < 4.78 is 0. The average Bonchev–Trinajstić information content (AvgIpc) is 2.96. The highest BCUT2D eigenvalue weighted by Gasteiger charge is 2.70. The number of ketones is 1. The third-order valence-corrected chi connectivity index (χ3v) is 10.5. The van der Waals surface area contributed by atoms with Crippen molar-refractivity contribution in [2.75, 3.05) is 0 Å². The van der Waals surface area contributed by atoms with Crippen LogP contribution in [0.1, 0.15) is 78.6 Å². The number of rotatable bonds is 1. The summed E-state index contributed by atoms with van der Waals surface area (Å²) in [6, 6.07) is 0. The Morgan fingerprint density at radius 3 is 2.45 bits per heavy atom. The lowest BCUT2D eigenvalue weighted by Crippen LogP contribution is -2.65. The molecule has 0 radical (unpaired) electrons.